The van der Waals surface area contributed by atoms with Gasteiger partial charge in [-0.05, 0) is 62.3 Å². The second kappa shape index (κ2) is 7.45. The van der Waals surface area contributed by atoms with Gasteiger partial charge in [-0.15, -0.1) is 0 Å². The Bertz CT molecular complexity index is 871. The molecule has 0 aliphatic rings. The normalized spacial score (nSPS) is 11.6. The van der Waals surface area contributed by atoms with Crippen molar-refractivity contribution in [3.63, 3.8) is 0 Å². The molecule has 132 valence electrons. The quantitative estimate of drug-likeness (QED) is 0.545. The van der Waals surface area contributed by atoms with Crippen molar-refractivity contribution in [1.82, 2.24) is 4.98 Å². The standard InChI is InChI=1S/C23H30N2/c1-15(2)18-9-7-10-21-20(8-5-6-13-24)23(25-22(18)21)19-12-11-16(3)14-17(19)4/h7,9-12,14-15,25H,5-6,8,13,24H2,1-4H3. The second-order valence-electron chi connectivity index (χ2n) is 7.47. The molecule has 2 nitrogen and oxygen atoms in total. The number of hydrogen-bond donors (Lipinski definition) is 2. The van der Waals surface area contributed by atoms with Crippen LogP contribution in [0.5, 0.6) is 0 Å². The van der Waals surface area contributed by atoms with Crippen LogP contribution in [0, 0.1) is 13.8 Å². The van der Waals surface area contributed by atoms with Crippen LogP contribution in [0.4, 0.5) is 0 Å². The predicted octanol–water partition coefficient (Wildman–Crippen LogP) is 5.86. The molecule has 3 aromatic rings. The van der Waals surface area contributed by atoms with Crippen LogP contribution in [0.2, 0.25) is 0 Å². The summed E-state index contributed by atoms with van der Waals surface area (Å²) in [5.41, 5.74) is 15.1. The molecule has 1 aromatic heterocycles. The van der Waals surface area contributed by atoms with Crippen LogP contribution < -0.4 is 5.73 Å². The summed E-state index contributed by atoms with van der Waals surface area (Å²) >= 11 is 0. The van der Waals surface area contributed by atoms with Crippen molar-refractivity contribution in [2.75, 3.05) is 6.54 Å². The van der Waals surface area contributed by atoms with Gasteiger partial charge in [-0.2, -0.15) is 0 Å². The van der Waals surface area contributed by atoms with Crippen LogP contribution in [0.25, 0.3) is 22.2 Å². The van der Waals surface area contributed by atoms with Crippen molar-refractivity contribution in [1.29, 1.82) is 0 Å². The van der Waals surface area contributed by atoms with Gasteiger partial charge < -0.3 is 10.7 Å². The molecule has 0 spiro atoms. The van der Waals surface area contributed by atoms with Gasteiger partial charge in [0.1, 0.15) is 0 Å². The van der Waals surface area contributed by atoms with Crippen molar-refractivity contribution in [2.45, 2.75) is 52.9 Å². The number of aromatic nitrogens is 1. The Morgan fingerprint density at radius 3 is 2.52 bits per heavy atom. The van der Waals surface area contributed by atoms with Crippen LogP contribution in [0.1, 0.15) is 54.9 Å². The Kier molecular flexibility index (Phi) is 5.29. The summed E-state index contributed by atoms with van der Waals surface area (Å²) in [6.45, 7) is 9.65. The number of benzene rings is 2. The fourth-order valence-corrected chi connectivity index (χ4v) is 3.81. The van der Waals surface area contributed by atoms with Gasteiger partial charge >= 0.3 is 0 Å². The number of nitrogens with two attached hydrogens (primary N) is 1. The summed E-state index contributed by atoms with van der Waals surface area (Å²) < 4.78 is 0. The molecule has 0 aliphatic heterocycles. The first-order valence-corrected chi connectivity index (χ1v) is 9.44. The predicted molar refractivity (Wildman–Crippen MR) is 109 cm³/mol. The molecular weight excluding hydrogens is 304 g/mol. The van der Waals surface area contributed by atoms with E-state index in [1.165, 1.54) is 44.4 Å². The van der Waals surface area contributed by atoms with Crippen molar-refractivity contribution in [3.8, 4) is 11.3 Å². The van der Waals surface area contributed by atoms with E-state index in [-0.39, 0.29) is 0 Å². The zero-order valence-corrected chi connectivity index (χ0v) is 15.9. The van der Waals surface area contributed by atoms with E-state index in [4.69, 9.17) is 5.73 Å². The average molecular weight is 335 g/mol. The van der Waals surface area contributed by atoms with Gasteiger partial charge in [0.05, 0.1) is 0 Å². The first kappa shape index (κ1) is 17.8. The smallest absolute Gasteiger partial charge is 0.0500 e. The van der Waals surface area contributed by atoms with Gasteiger partial charge in [0.15, 0.2) is 0 Å². The zero-order chi connectivity index (χ0) is 18.0. The van der Waals surface area contributed by atoms with Crippen molar-refractivity contribution in [2.24, 2.45) is 5.73 Å². The maximum Gasteiger partial charge on any atom is 0.0500 e. The highest BCUT2D eigenvalue weighted by molar-refractivity contribution is 5.93. The number of aryl methyl sites for hydroxylation is 3. The largest absolute Gasteiger partial charge is 0.354 e. The van der Waals surface area contributed by atoms with E-state index >= 15 is 0 Å². The SMILES string of the molecule is Cc1ccc(-c2[nH]c3c(C(C)C)cccc3c2CCCCN)c(C)c1. The minimum atomic E-state index is 0.506. The number of fused-ring (bicyclic) bond motifs is 1. The fourth-order valence-electron chi connectivity index (χ4n) is 3.81. The molecule has 3 rings (SSSR count). The van der Waals surface area contributed by atoms with Crippen molar-refractivity contribution < 1.29 is 0 Å². The summed E-state index contributed by atoms with van der Waals surface area (Å²) in [6, 6.07) is 13.5. The first-order valence-electron chi connectivity index (χ1n) is 9.44. The lowest BCUT2D eigenvalue weighted by molar-refractivity contribution is 0.748. The van der Waals surface area contributed by atoms with Crippen LogP contribution >= 0.6 is 0 Å². The topological polar surface area (TPSA) is 41.8 Å². The lowest BCUT2D eigenvalue weighted by Gasteiger charge is -2.09. The van der Waals surface area contributed by atoms with E-state index in [9.17, 15) is 0 Å². The number of unbranched alkanes of at least 4 members (excludes halogenated alkanes) is 1. The van der Waals surface area contributed by atoms with Gasteiger partial charge in [-0.25, -0.2) is 0 Å². The molecule has 0 fully saturated rings. The van der Waals surface area contributed by atoms with Crippen LogP contribution in [0.15, 0.2) is 36.4 Å². The van der Waals surface area contributed by atoms with Gasteiger partial charge in [0, 0.05) is 22.2 Å². The molecule has 2 aromatic carbocycles. The summed E-state index contributed by atoms with van der Waals surface area (Å²) in [5.74, 6) is 0.506. The number of H-pyrrole nitrogens is 1. The Morgan fingerprint density at radius 1 is 1.04 bits per heavy atom. The second-order valence-corrected chi connectivity index (χ2v) is 7.47. The number of rotatable bonds is 6. The minimum Gasteiger partial charge on any atom is -0.354 e. The molecule has 0 aliphatic carbocycles. The Hall–Kier alpha value is -2.06. The third-order valence-corrected chi connectivity index (χ3v) is 5.13. The number of hydrogen-bond acceptors (Lipinski definition) is 1. The highest BCUT2D eigenvalue weighted by Crippen LogP contribution is 2.36. The third kappa shape index (κ3) is 3.50. The van der Waals surface area contributed by atoms with Gasteiger partial charge in [0.25, 0.3) is 0 Å². The highest BCUT2D eigenvalue weighted by atomic mass is 14.7. The minimum absolute atomic E-state index is 0.506. The third-order valence-electron chi connectivity index (χ3n) is 5.13. The van der Waals surface area contributed by atoms with Crippen molar-refractivity contribution >= 4 is 10.9 Å². The van der Waals surface area contributed by atoms with Gasteiger partial charge in [0.2, 0.25) is 0 Å². The molecule has 0 saturated heterocycles. The summed E-state index contributed by atoms with van der Waals surface area (Å²) in [5, 5.41) is 1.37. The lowest BCUT2D eigenvalue weighted by Crippen LogP contribution is -1.99. The monoisotopic (exact) mass is 334 g/mol. The maximum absolute atomic E-state index is 5.73. The van der Waals surface area contributed by atoms with Gasteiger partial charge in [-0.3, -0.25) is 0 Å². The van der Waals surface area contributed by atoms with Crippen LogP contribution in [-0.2, 0) is 6.42 Å². The molecule has 0 saturated carbocycles. The van der Waals surface area contributed by atoms with E-state index in [0.29, 0.717) is 5.92 Å². The Labute approximate surface area is 151 Å². The number of nitrogens with one attached hydrogen (secondary N) is 1. The molecule has 1 heterocycles. The number of para-hydroxylation sites is 1. The zero-order valence-electron chi connectivity index (χ0n) is 15.9. The van der Waals surface area contributed by atoms with E-state index in [1.54, 1.807) is 0 Å². The molecule has 0 amide bonds. The molecule has 0 radical (unpaired) electrons. The van der Waals surface area contributed by atoms with E-state index in [0.717, 1.165) is 25.8 Å². The van der Waals surface area contributed by atoms with Gasteiger partial charge in [-0.1, -0.05) is 55.8 Å². The molecule has 0 bridgehead atoms. The molecule has 2 heteroatoms. The summed E-state index contributed by atoms with van der Waals surface area (Å²) in [6.07, 6.45) is 3.28. The highest BCUT2D eigenvalue weighted by Gasteiger charge is 2.17. The van der Waals surface area contributed by atoms with Crippen molar-refractivity contribution in [3.05, 3.63) is 58.7 Å². The Morgan fingerprint density at radius 2 is 1.84 bits per heavy atom. The molecule has 0 unspecified atom stereocenters. The van der Waals surface area contributed by atoms with E-state index in [1.807, 2.05) is 0 Å². The van der Waals surface area contributed by atoms with Crippen LogP contribution in [-0.4, -0.2) is 11.5 Å². The van der Waals surface area contributed by atoms with E-state index in [2.05, 4.69) is 69.1 Å². The van der Waals surface area contributed by atoms with E-state index < -0.39 is 0 Å². The molecule has 0 atom stereocenters. The summed E-state index contributed by atoms with van der Waals surface area (Å²) in [7, 11) is 0. The summed E-state index contributed by atoms with van der Waals surface area (Å²) in [4.78, 5) is 3.79. The maximum atomic E-state index is 5.73. The molecule has 3 N–H and O–H groups in total. The van der Waals surface area contributed by atoms with Crippen LogP contribution in [0.3, 0.4) is 0 Å². The Balaban J connectivity index is 2.21. The molecular formula is C23H30N2. The number of aromatic amines is 1. The first-order chi connectivity index (χ1) is 12.0. The lowest BCUT2D eigenvalue weighted by atomic mass is 9.95. The fraction of sp³-hybridized carbons (Fsp3) is 0.391. The average Bonchev–Trinajstić information content (AvgIpc) is 2.93. The molecule has 25 heavy (non-hydrogen) atoms.